The lowest BCUT2D eigenvalue weighted by atomic mass is 10.0. The molecule has 2 amide bonds. The number of rotatable bonds is 4. The molecule has 146 valence electrons. The third kappa shape index (κ3) is 3.58. The van der Waals surface area contributed by atoms with Gasteiger partial charge in [-0.3, -0.25) is 24.7 Å². The first-order valence-corrected chi connectivity index (χ1v) is 9.64. The zero-order valence-electron chi connectivity index (χ0n) is 15.4. The molecule has 27 heavy (non-hydrogen) atoms. The van der Waals surface area contributed by atoms with Gasteiger partial charge in [0.1, 0.15) is 6.23 Å². The third-order valence-electron chi connectivity index (χ3n) is 5.86. The molecule has 8 heteroatoms. The van der Waals surface area contributed by atoms with Crippen LogP contribution in [-0.2, 0) is 16.1 Å². The van der Waals surface area contributed by atoms with Crippen LogP contribution in [0.2, 0.25) is 0 Å². The smallest absolute Gasteiger partial charge is 0.244 e. The lowest BCUT2D eigenvalue weighted by Crippen LogP contribution is -2.51. The highest BCUT2D eigenvalue weighted by Crippen LogP contribution is 2.37. The lowest BCUT2D eigenvalue weighted by Gasteiger charge is -2.36. The highest BCUT2D eigenvalue weighted by atomic mass is 16.3. The zero-order valence-corrected chi connectivity index (χ0v) is 15.4. The highest BCUT2D eigenvalue weighted by molar-refractivity contribution is 6.00. The molecular weight excluding hydrogens is 346 g/mol. The Hall–Kier alpha value is -2.00. The van der Waals surface area contributed by atoms with Gasteiger partial charge in [-0.25, -0.2) is 0 Å². The van der Waals surface area contributed by atoms with Gasteiger partial charge in [0.2, 0.25) is 11.8 Å². The Morgan fingerprint density at radius 2 is 1.96 bits per heavy atom. The maximum absolute atomic E-state index is 12.2. The molecule has 0 saturated carbocycles. The Morgan fingerprint density at radius 3 is 2.67 bits per heavy atom. The van der Waals surface area contributed by atoms with Crippen molar-refractivity contribution in [3.63, 3.8) is 0 Å². The standard InChI is InChI=1S/C19H27N5O3/c20-5-6-22-7-9-23(10-8-22)14-1-2-15-13(11-14)12-24(19(15)27)16-3-4-17(25)21-18(16)26/h1-2,11,16,19,27H,3-10,12,20H2,(H,21,25,26). The predicted octanol–water partition coefficient (Wildman–Crippen LogP) is -0.621. The second-order valence-electron chi connectivity index (χ2n) is 7.51. The second kappa shape index (κ2) is 7.55. The maximum atomic E-state index is 12.2. The summed E-state index contributed by atoms with van der Waals surface area (Å²) in [4.78, 5) is 30.1. The first-order chi connectivity index (χ1) is 13.1. The number of piperazine rings is 1. The summed E-state index contributed by atoms with van der Waals surface area (Å²) in [6.45, 7) is 6.05. The Bertz CT molecular complexity index is 732. The minimum atomic E-state index is -0.806. The van der Waals surface area contributed by atoms with E-state index in [-0.39, 0.29) is 11.8 Å². The largest absolute Gasteiger partial charge is 0.374 e. The van der Waals surface area contributed by atoms with Crippen molar-refractivity contribution in [1.82, 2.24) is 15.1 Å². The zero-order chi connectivity index (χ0) is 19.0. The number of aliphatic hydroxyl groups is 1. The van der Waals surface area contributed by atoms with Gasteiger partial charge in [-0.05, 0) is 24.1 Å². The number of amides is 2. The SMILES string of the molecule is NCCN1CCN(c2ccc3c(c2)CN(C2CCC(=O)NC2=O)C3O)CC1. The van der Waals surface area contributed by atoms with Crippen LogP contribution in [-0.4, -0.2) is 72.0 Å². The monoisotopic (exact) mass is 373 g/mol. The van der Waals surface area contributed by atoms with Gasteiger partial charge in [0, 0.05) is 63.5 Å². The Kier molecular flexibility index (Phi) is 5.14. The van der Waals surface area contributed by atoms with Crippen LogP contribution in [0.5, 0.6) is 0 Å². The number of piperidine rings is 1. The van der Waals surface area contributed by atoms with Gasteiger partial charge in [0.15, 0.2) is 0 Å². The summed E-state index contributed by atoms with van der Waals surface area (Å²) in [6.07, 6.45) is -0.0422. The minimum Gasteiger partial charge on any atom is -0.374 e. The molecule has 4 N–H and O–H groups in total. The van der Waals surface area contributed by atoms with Gasteiger partial charge in [0.05, 0.1) is 6.04 Å². The summed E-state index contributed by atoms with van der Waals surface area (Å²) in [6, 6.07) is 5.68. The molecule has 2 saturated heterocycles. The van der Waals surface area contributed by atoms with Crippen LogP contribution in [0.3, 0.4) is 0 Å². The molecule has 2 fully saturated rings. The van der Waals surface area contributed by atoms with Crippen LogP contribution in [0.25, 0.3) is 0 Å². The summed E-state index contributed by atoms with van der Waals surface area (Å²) in [5, 5.41) is 13.1. The van der Waals surface area contributed by atoms with Crippen molar-refractivity contribution in [2.24, 2.45) is 5.73 Å². The van der Waals surface area contributed by atoms with Gasteiger partial charge >= 0.3 is 0 Å². The molecule has 8 nitrogen and oxygen atoms in total. The number of nitrogens with two attached hydrogens (primary N) is 1. The molecule has 4 rings (SSSR count). The summed E-state index contributed by atoms with van der Waals surface area (Å²) in [5.74, 6) is -0.548. The van der Waals surface area contributed by atoms with Crippen molar-refractivity contribution in [1.29, 1.82) is 0 Å². The van der Waals surface area contributed by atoms with Crippen molar-refractivity contribution < 1.29 is 14.7 Å². The van der Waals surface area contributed by atoms with E-state index in [0.717, 1.165) is 49.5 Å². The molecule has 0 spiro atoms. The fraction of sp³-hybridized carbons (Fsp3) is 0.579. The number of carbonyl (C=O) groups is 2. The van der Waals surface area contributed by atoms with Crippen LogP contribution in [0.4, 0.5) is 5.69 Å². The average molecular weight is 373 g/mol. The molecule has 0 aromatic heterocycles. The van der Waals surface area contributed by atoms with E-state index in [9.17, 15) is 14.7 Å². The van der Waals surface area contributed by atoms with Crippen molar-refractivity contribution in [3.8, 4) is 0 Å². The quantitative estimate of drug-likeness (QED) is 0.605. The van der Waals surface area contributed by atoms with Crippen LogP contribution in [0, 0.1) is 0 Å². The minimum absolute atomic E-state index is 0.237. The number of nitrogens with one attached hydrogen (secondary N) is 1. The average Bonchev–Trinajstić information content (AvgIpc) is 2.98. The number of anilines is 1. The topological polar surface area (TPSA) is 102 Å². The van der Waals surface area contributed by atoms with Crippen molar-refractivity contribution >= 4 is 17.5 Å². The molecule has 1 aromatic carbocycles. The number of fused-ring (bicyclic) bond motifs is 1. The van der Waals surface area contributed by atoms with E-state index >= 15 is 0 Å². The predicted molar refractivity (Wildman–Crippen MR) is 101 cm³/mol. The van der Waals surface area contributed by atoms with E-state index in [1.165, 1.54) is 0 Å². The number of imide groups is 1. The maximum Gasteiger partial charge on any atom is 0.244 e. The molecular formula is C19H27N5O3. The molecule has 1 aromatic rings. The molecule has 0 radical (unpaired) electrons. The van der Waals surface area contributed by atoms with E-state index in [1.54, 1.807) is 4.90 Å². The third-order valence-corrected chi connectivity index (χ3v) is 5.86. The van der Waals surface area contributed by atoms with Crippen molar-refractivity contribution in [2.75, 3.05) is 44.2 Å². The molecule has 3 heterocycles. The molecule has 2 atom stereocenters. The Morgan fingerprint density at radius 1 is 1.19 bits per heavy atom. The second-order valence-corrected chi connectivity index (χ2v) is 7.51. The van der Waals surface area contributed by atoms with Gasteiger partial charge < -0.3 is 15.7 Å². The van der Waals surface area contributed by atoms with E-state index in [2.05, 4.69) is 27.2 Å². The first-order valence-electron chi connectivity index (χ1n) is 9.64. The summed E-state index contributed by atoms with van der Waals surface area (Å²) >= 11 is 0. The van der Waals surface area contributed by atoms with E-state index in [4.69, 9.17) is 5.73 Å². The van der Waals surface area contributed by atoms with Crippen LogP contribution in [0.1, 0.15) is 30.2 Å². The number of hydrogen-bond acceptors (Lipinski definition) is 7. The summed E-state index contributed by atoms with van der Waals surface area (Å²) in [7, 11) is 0. The number of nitrogens with zero attached hydrogens (tertiary/aromatic N) is 3. The number of carbonyl (C=O) groups excluding carboxylic acids is 2. The van der Waals surface area contributed by atoms with Gasteiger partial charge in [0.25, 0.3) is 0 Å². The molecule has 3 aliphatic heterocycles. The fourth-order valence-corrected chi connectivity index (χ4v) is 4.33. The number of aliphatic hydroxyl groups excluding tert-OH is 1. The fourth-order valence-electron chi connectivity index (χ4n) is 4.33. The van der Waals surface area contributed by atoms with E-state index < -0.39 is 12.3 Å². The summed E-state index contributed by atoms with van der Waals surface area (Å²) in [5.41, 5.74) is 8.69. The van der Waals surface area contributed by atoms with Crippen LogP contribution < -0.4 is 16.0 Å². The Balaban J connectivity index is 1.46. The number of benzene rings is 1. The van der Waals surface area contributed by atoms with Crippen molar-refractivity contribution in [2.45, 2.75) is 31.7 Å². The van der Waals surface area contributed by atoms with Gasteiger partial charge in [-0.15, -0.1) is 0 Å². The van der Waals surface area contributed by atoms with Gasteiger partial charge in [-0.1, -0.05) is 6.07 Å². The van der Waals surface area contributed by atoms with Crippen LogP contribution >= 0.6 is 0 Å². The molecule has 0 aliphatic carbocycles. The highest BCUT2D eigenvalue weighted by Gasteiger charge is 2.39. The van der Waals surface area contributed by atoms with Crippen molar-refractivity contribution in [3.05, 3.63) is 29.3 Å². The number of hydrogen-bond donors (Lipinski definition) is 3. The summed E-state index contributed by atoms with van der Waals surface area (Å²) < 4.78 is 0. The van der Waals surface area contributed by atoms with Gasteiger partial charge in [-0.2, -0.15) is 0 Å². The first kappa shape index (κ1) is 18.4. The molecule has 2 unspecified atom stereocenters. The van der Waals surface area contributed by atoms with E-state index in [1.807, 2.05) is 6.07 Å². The lowest BCUT2D eigenvalue weighted by molar-refractivity contribution is -0.141. The normalized spacial score (nSPS) is 27.0. The van der Waals surface area contributed by atoms with Crippen LogP contribution in [0.15, 0.2) is 18.2 Å². The van der Waals surface area contributed by atoms with E-state index in [0.29, 0.717) is 25.9 Å². The molecule has 0 bridgehead atoms. The molecule has 3 aliphatic rings. The Labute approximate surface area is 158 Å².